The molecule has 0 atom stereocenters. The van der Waals surface area contributed by atoms with Gasteiger partial charge in [-0.3, -0.25) is 4.79 Å². The summed E-state index contributed by atoms with van der Waals surface area (Å²) >= 11 is 0. The lowest BCUT2D eigenvalue weighted by molar-refractivity contribution is -0.137. The molecule has 1 heterocycles. The SMILES string of the molecule is CCCCCCCCOc1ccc(C2=NC(CCC(=O)O)(c3ccc(OCCCCCCCC)cc3O)N=C(c3ccc(OCCCCCCCC)cc3O)N2)c(O)c1. The number of nitrogens with zero attached hydrogens (tertiary/aromatic N) is 2. The molecule has 0 aromatic heterocycles. The summed E-state index contributed by atoms with van der Waals surface area (Å²) in [6.07, 6.45) is 19.8. The molecule has 0 unspecified atom stereocenters. The number of phenols is 3. The van der Waals surface area contributed by atoms with Crippen molar-refractivity contribution in [3.8, 4) is 34.5 Å². The van der Waals surface area contributed by atoms with Crippen molar-refractivity contribution < 1.29 is 39.4 Å². The number of aliphatic carboxylic acids is 1. The van der Waals surface area contributed by atoms with Gasteiger partial charge in [-0.1, -0.05) is 117 Å². The maximum absolute atomic E-state index is 12.1. The second kappa shape index (κ2) is 25.5. The monoisotopic (exact) mass is 816 g/mol. The lowest BCUT2D eigenvalue weighted by Gasteiger charge is -2.33. The van der Waals surface area contributed by atoms with Crippen LogP contribution in [0.2, 0.25) is 0 Å². The van der Waals surface area contributed by atoms with Gasteiger partial charge in [-0.25, -0.2) is 9.98 Å². The number of phenolic OH excluding ortho intramolecular Hbond substituents is 3. The summed E-state index contributed by atoms with van der Waals surface area (Å²) in [5, 5.41) is 47.5. The molecule has 0 amide bonds. The molecule has 0 spiro atoms. The van der Waals surface area contributed by atoms with Crippen molar-refractivity contribution >= 4 is 17.6 Å². The van der Waals surface area contributed by atoms with Gasteiger partial charge < -0.3 is 40.0 Å². The molecule has 4 rings (SSSR count). The zero-order valence-corrected chi connectivity index (χ0v) is 35.8. The third-order valence-electron chi connectivity index (χ3n) is 10.7. The molecule has 11 nitrogen and oxygen atoms in total. The van der Waals surface area contributed by atoms with Crippen LogP contribution in [0.15, 0.2) is 64.6 Å². The second-order valence-electron chi connectivity index (χ2n) is 15.6. The number of hydrogen-bond acceptors (Lipinski definition) is 10. The molecular weight excluding hydrogens is 747 g/mol. The van der Waals surface area contributed by atoms with Gasteiger partial charge in [-0.05, 0) is 55.7 Å². The third-order valence-corrected chi connectivity index (χ3v) is 10.7. The molecule has 11 heteroatoms. The molecule has 0 aliphatic carbocycles. The van der Waals surface area contributed by atoms with Gasteiger partial charge in [0.2, 0.25) is 0 Å². The lowest BCUT2D eigenvalue weighted by atomic mass is 9.92. The van der Waals surface area contributed by atoms with Crippen LogP contribution in [0.4, 0.5) is 0 Å². The molecule has 59 heavy (non-hydrogen) atoms. The molecule has 3 aromatic rings. The Balaban J connectivity index is 1.65. The molecule has 0 saturated carbocycles. The van der Waals surface area contributed by atoms with Crippen LogP contribution in [-0.2, 0) is 10.5 Å². The number of carboxylic acids is 1. The van der Waals surface area contributed by atoms with Crippen LogP contribution < -0.4 is 19.5 Å². The standard InChI is InChI=1S/C48H69N3O8/c1-4-7-10-13-16-19-30-57-36-22-25-39(42(52)33-36)46-49-47(40-26-23-37(34-43(40)53)58-31-20-17-14-11-8-5-2)51-48(50-46,29-28-45(55)56)41-27-24-38(35-44(41)54)59-32-21-18-15-12-9-6-3/h22-27,33-35,52-54H,4-21,28-32H2,1-3H3,(H,55,56)(H,49,50,51). The topological polar surface area (TPSA) is 162 Å². The van der Waals surface area contributed by atoms with Crippen molar-refractivity contribution in [3.63, 3.8) is 0 Å². The first-order chi connectivity index (χ1) is 28.7. The normalized spacial score (nSPS) is 13.3. The van der Waals surface area contributed by atoms with E-state index >= 15 is 0 Å². The minimum absolute atomic E-state index is 0.115. The summed E-state index contributed by atoms with van der Waals surface area (Å²) in [4.78, 5) is 22.1. The van der Waals surface area contributed by atoms with E-state index in [2.05, 4.69) is 26.1 Å². The van der Waals surface area contributed by atoms with E-state index in [9.17, 15) is 25.2 Å². The fourth-order valence-corrected chi connectivity index (χ4v) is 7.23. The van der Waals surface area contributed by atoms with Crippen molar-refractivity contribution in [2.24, 2.45) is 9.98 Å². The van der Waals surface area contributed by atoms with Crippen molar-refractivity contribution in [3.05, 3.63) is 71.3 Å². The smallest absolute Gasteiger partial charge is 0.303 e. The van der Waals surface area contributed by atoms with Gasteiger partial charge in [-0.15, -0.1) is 0 Å². The van der Waals surface area contributed by atoms with E-state index in [1.165, 1.54) is 76.0 Å². The van der Waals surface area contributed by atoms with E-state index in [-0.39, 0.29) is 47.3 Å². The van der Waals surface area contributed by atoms with Gasteiger partial charge in [0.1, 0.15) is 46.2 Å². The van der Waals surface area contributed by atoms with Gasteiger partial charge in [0.05, 0.1) is 30.9 Å². The van der Waals surface area contributed by atoms with E-state index in [1.54, 1.807) is 36.4 Å². The zero-order valence-electron chi connectivity index (χ0n) is 35.8. The number of hydrogen-bond donors (Lipinski definition) is 5. The van der Waals surface area contributed by atoms with Gasteiger partial charge in [0.15, 0.2) is 5.66 Å². The largest absolute Gasteiger partial charge is 0.507 e. The number of rotatable bonds is 30. The molecule has 1 aliphatic heterocycles. The number of aliphatic imine (C=N–C) groups is 2. The molecule has 1 aliphatic rings. The maximum atomic E-state index is 12.1. The quantitative estimate of drug-likeness (QED) is 0.0412. The zero-order chi connectivity index (χ0) is 42.3. The first-order valence-corrected chi connectivity index (χ1v) is 22.3. The maximum Gasteiger partial charge on any atom is 0.303 e. The Morgan fingerprint density at radius 3 is 1.29 bits per heavy atom. The number of benzene rings is 3. The van der Waals surface area contributed by atoms with Crippen LogP contribution in [0, 0.1) is 0 Å². The summed E-state index contributed by atoms with van der Waals surface area (Å²) < 4.78 is 17.9. The molecular formula is C48H69N3O8. The van der Waals surface area contributed by atoms with E-state index in [4.69, 9.17) is 24.2 Å². The number of ether oxygens (including phenoxy) is 3. The fourth-order valence-electron chi connectivity index (χ4n) is 7.23. The Morgan fingerprint density at radius 1 is 0.542 bits per heavy atom. The van der Waals surface area contributed by atoms with Gasteiger partial charge >= 0.3 is 5.97 Å². The number of aromatic hydroxyl groups is 3. The minimum Gasteiger partial charge on any atom is -0.507 e. The highest BCUT2D eigenvalue weighted by Gasteiger charge is 2.39. The van der Waals surface area contributed by atoms with Crippen LogP contribution in [0.3, 0.4) is 0 Å². The average molecular weight is 816 g/mol. The molecule has 0 fully saturated rings. The van der Waals surface area contributed by atoms with Crippen molar-refractivity contribution in [2.45, 2.75) is 155 Å². The minimum atomic E-state index is -1.67. The van der Waals surface area contributed by atoms with Crippen LogP contribution in [0.1, 0.15) is 166 Å². The highest BCUT2D eigenvalue weighted by molar-refractivity contribution is 6.17. The third kappa shape index (κ3) is 15.3. The average Bonchev–Trinajstić information content (AvgIpc) is 3.22. The Kier molecular flexibility index (Phi) is 20.2. The Labute approximate surface area is 352 Å². The Bertz CT molecular complexity index is 1710. The van der Waals surface area contributed by atoms with Crippen LogP contribution in [0.5, 0.6) is 34.5 Å². The van der Waals surface area contributed by atoms with Crippen molar-refractivity contribution in [1.29, 1.82) is 0 Å². The molecule has 0 bridgehead atoms. The van der Waals surface area contributed by atoms with Crippen LogP contribution in [-0.4, -0.2) is 57.9 Å². The van der Waals surface area contributed by atoms with E-state index in [0.717, 1.165) is 57.8 Å². The van der Waals surface area contributed by atoms with Crippen molar-refractivity contribution in [2.75, 3.05) is 19.8 Å². The highest BCUT2D eigenvalue weighted by atomic mass is 16.5. The first kappa shape index (κ1) is 46.8. The van der Waals surface area contributed by atoms with E-state index in [0.29, 0.717) is 48.2 Å². The molecule has 3 aromatic carbocycles. The second-order valence-corrected chi connectivity index (χ2v) is 15.6. The summed E-state index contributed by atoms with van der Waals surface area (Å²) in [5.74, 6) is 0.353. The number of nitrogens with one attached hydrogen (secondary N) is 1. The first-order valence-electron chi connectivity index (χ1n) is 22.3. The molecule has 5 N–H and O–H groups in total. The van der Waals surface area contributed by atoms with Crippen LogP contribution in [0.25, 0.3) is 0 Å². The van der Waals surface area contributed by atoms with Gasteiger partial charge in [0.25, 0.3) is 0 Å². The fraction of sp³-hybridized carbons (Fsp3) is 0.562. The summed E-state index contributed by atoms with van der Waals surface area (Å²) in [6, 6.07) is 14.8. The molecule has 0 radical (unpaired) electrons. The predicted molar refractivity (Wildman–Crippen MR) is 236 cm³/mol. The molecule has 324 valence electrons. The lowest BCUT2D eigenvalue weighted by Crippen LogP contribution is -2.42. The number of unbranched alkanes of at least 4 members (excludes halogenated alkanes) is 15. The summed E-state index contributed by atoms with van der Waals surface area (Å²) in [7, 11) is 0. The summed E-state index contributed by atoms with van der Waals surface area (Å²) in [6.45, 7) is 8.13. The highest BCUT2D eigenvalue weighted by Crippen LogP contribution is 2.43. The van der Waals surface area contributed by atoms with Crippen molar-refractivity contribution in [1.82, 2.24) is 5.32 Å². The molecule has 0 saturated heterocycles. The predicted octanol–water partition coefficient (Wildman–Crippen LogP) is 11.5. The van der Waals surface area contributed by atoms with Crippen LogP contribution >= 0.6 is 0 Å². The van der Waals surface area contributed by atoms with E-state index < -0.39 is 11.6 Å². The Morgan fingerprint density at radius 2 is 0.915 bits per heavy atom. The van der Waals surface area contributed by atoms with Gasteiger partial charge in [0, 0.05) is 36.6 Å². The van der Waals surface area contributed by atoms with E-state index in [1.807, 2.05) is 0 Å². The summed E-state index contributed by atoms with van der Waals surface area (Å²) in [5.41, 5.74) is -0.810. The Hall–Kier alpha value is -4.93. The number of amidine groups is 2. The van der Waals surface area contributed by atoms with Gasteiger partial charge in [-0.2, -0.15) is 0 Å². The number of carbonyl (C=O) groups is 1. The number of carboxylic acid groups (broad SMARTS) is 1.